The van der Waals surface area contributed by atoms with Crippen molar-refractivity contribution in [3.8, 4) is 11.1 Å². The Morgan fingerprint density at radius 3 is 2.10 bits per heavy atom. The molecular weight excluding hydrogens is 394 g/mol. The zero-order chi connectivity index (χ0) is 21.6. The molecule has 0 aliphatic heterocycles. The maximum absolute atomic E-state index is 12.9. The number of hydrogen-bond donors (Lipinski definition) is 1. The number of carbonyl (C=O) groups excluding carboxylic acids is 1. The van der Waals surface area contributed by atoms with Crippen LogP contribution in [-0.4, -0.2) is 14.3 Å². The van der Waals surface area contributed by atoms with Crippen LogP contribution in [0.15, 0.2) is 102 Å². The van der Waals surface area contributed by atoms with Gasteiger partial charge in [-0.05, 0) is 42.2 Å². The largest absolute Gasteiger partial charge is 0.268 e. The molecule has 0 saturated heterocycles. The van der Waals surface area contributed by atoms with Gasteiger partial charge in [0.25, 0.3) is 15.9 Å². The molecule has 0 aliphatic carbocycles. The van der Waals surface area contributed by atoms with Gasteiger partial charge in [-0.3, -0.25) is 4.79 Å². The highest BCUT2D eigenvalue weighted by atomic mass is 32.2. The number of benzene rings is 3. The first-order valence-corrected chi connectivity index (χ1v) is 11.0. The fourth-order valence-electron chi connectivity index (χ4n) is 2.97. The third-order valence-electron chi connectivity index (χ3n) is 4.59. The van der Waals surface area contributed by atoms with E-state index in [0.717, 1.165) is 16.7 Å². The van der Waals surface area contributed by atoms with E-state index in [1.807, 2.05) is 61.5 Å². The molecule has 3 aromatic carbocycles. The van der Waals surface area contributed by atoms with E-state index in [4.69, 9.17) is 0 Å². The average molecular weight is 418 g/mol. The summed E-state index contributed by atoms with van der Waals surface area (Å²) in [6.07, 6.45) is 3.76. The molecule has 0 radical (unpaired) electrons. The number of sulfonamides is 1. The average Bonchev–Trinajstić information content (AvgIpc) is 2.75. The van der Waals surface area contributed by atoms with Crippen LogP contribution in [0.5, 0.6) is 0 Å². The summed E-state index contributed by atoms with van der Waals surface area (Å²) >= 11 is 0. The second kappa shape index (κ2) is 9.37. The molecule has 0 atom stereocenters. The number of rotatable bonds is 7. The van der Waals surface area contributed by atoms with Crippen LogP contribution < -0.4 is 4.72 Å². The van der Waals surface area contributed by atoms with Gasteiger partial charge in [0.2, 0.25) is 0 Å². The molecule has 0 unspecified atom stereocenters. The lowest BCUT2D eigenvalue weighted by Crippen LogP contribution is -2.31. The van der Waals surface area contributed by atoms with Gasteiger partial charge in [-0.25, -0.2) is 13.1 Å². The van der Waals surface area contributed by atoms with Gasteiger partial charge in [0.05, 0.1) is 4.90 Å². The molecular formula is C25H23NO3S. The maximum Gasteiger partial charge on any atom is 0.265 e. The van der Waals surface area contributed by atoms with Crippen LogP contribution in [0.1, 0.15) is 17.5 Å². The molecule has 3 aromatic rings. The summed E-state index contributed by atoms with van der Waals surface area (Å²) in [5.41, 5.74) is 3.92. The molecule has 4 nitrogen and oxygen atoms in total. The van der Waals surface area contributed by atoms with Gasteiger partial charge in [-0.15, -0.1) is 6.58 Å². The molecule has 0 aromatic heterocycles. The monoisotopic (exact) mass is 417 g/mol. The van der Waals surface area contributed by atoms with Crippen molar-refractivity contribution in [1.82, 2.24) is 4.72 Å². The molecule has 0 bridgehead atoms. The fourth-order valence-corrected chi connectivity index (χ4v) is 3.94. The van der Waals surface area contributed by atoms with Crippen molar-refractivity contribution in [3.63, 3.8) is 0 Å². The molecule has 0 heterocycles. The van der Waals surface area contributed by atoms with Crippen LogP contribution >= 0.6 is 0 Å². The molecule has 5 heteroatoms. The highest BCUT2D eigenvalue weighted by Crippen LogP contribution is 2.23. The van der Waals surface area contributed by atoms with Gasteiger partial charge < -0.3 is 0 Å². The Kier molecular flexibility index (Phi) is 6.65. The van der Waals surface area contributed by atoms with Gasteiger partial charge in [0, 0.05) is 5.57 Å². The summed E-state index contributed by atoms with van der Waals surface area (Å²) in [5, 5.41) is 0. The summed E-state index contributed by atoms with van der Waals surface area (Å²) < 4.78 is 27.4. The second-order valence-corrected chi connectivity index (χ2v) is 8.52. The molecule has 0 aliphatic rings. The SMILES string of the molecule is C=CC/C=C(\C(=O)NS(=O)(=O)c1ccc(C)cc1)c1ccc(-c2ccccc2)cc1. The number of hydrogen-bond acceptors (Lipinski definition) is 3. The lowest BCUT2D eigenvalue weighted by Gasteiger charge is -2.11. The van der Waals surface area contributed by atoms with E-state index in [2.05, 4.69) is 11.3 Å². The summed E-state index contributed by atoms with van der Waals surface area (Å²) in [6.45, 7) is 5.54. The van der Waals surface area contributed by atoms with Gasteiger partial charge >= 0.3 is 0 Å². The zero-order valence-electron chi connectivity index (χ0n) is 16.7. The van der Waals surface area contributed by atoms with Gasteiger partial charge in [0.1, 0.15) is 0 Å². The van der Waals surface area contributed by atoms with E-state index in [1.165, 1.54) is 12.1 Å². The number of allylic oxidation sites excluding steroid dienone is 2. The minimum absolute atomic E-state index is 0.0453. The minimum atomic E-state index is -3.97. The third kappa shape index (κ3) is 5.13. The van der Waals surface area contributed by atoms with Crippen LogP contribution in [0, 0.1) is 6.92 Å². The fraction of sp³-hybridized carbons (Fsp3) is 0.0800. The maximum atomic E-state index is 12.9. The van der Waals surface area contributed by atoms with Crippen LogP contribution in [0.3, 0.4) is 0 Å². The quantitative estimate of drug-likeness (QED) is 0.428. The Balaban J connectivity index is 1.88. The first kappa shape index (κ1) is 21.3. The van der Waals surface area contributed by atoms with Crippen LogP contribution in [0.4, 0.5) is 0 Å². The highest BCUT2D eigenvalue weighted by molar-refractivity contribution is 7.90. The molecule has 0 saturated carbocycles. The zero-order valence-corrected chi connectivity index (χ0v) is 17.5. The van der Waals surface area contributed by atoms with Crippen LogP contribution in [-0.2, 0) is 14.8 Å². The van der Waals surface area contributed by atoms with E-state index < -0.39 is 15.9 Å². The normalized spacial score (nSPS) is 11.7. The van der Waals surface area contributed by atoms with Crippen molar-refractivity contribution in [2.45, 2.75) is 18.2 Å². The summed E-state index contributed by atoms with van der Waals surface area (Å²) in [7, 11) is -3.97. The van der Waals surface area contributed by atoms with E-state index in [9.17, 15) is 13.2 Å². The minimum Gasteiger partial charge on any atom is -0.268 e. The Morgan fingerprint density at radius 1 is 0.900 bits per heavy atom. The predicted molar refractivity (Wildman–Crippen MR) is 121 cm³/mol. The molecule has 1 N–H and O–H groups in total. The standard InChI is InChI=1S/C25H23NO3S/c1-3-4-10-24(22-15-13-21(14-16-22)20-8-6-5-7-9-20)25(27)26-30(28,29)23-17-11-19(2)12-18-23/h3,5-18H,1,4H2,2H3,(H,26,27)/b24-10-. The van der Waals surface area contributed by atoms with Crippen molar-refractivity contribution in [2.75, 3.05) is 0 Å². The van der Waals surface area contributed by atoms with E-state index >= 15 is 0 Å². The molecule has 0 spiro atoms. The van der Waals surface area contributed by atoms with E-state index in [0.29, 0.717) is 12.0 Å². The molecule has 1 amide bonds. The smallest absolute Gasteiger partial charge is 0.265 e. The number of aryl methyl sites for hydroxylation is 1. The molecule has 3 rings (SSSR count). The number of amides is 1. The Hall–Kier alpha value is -3.44. The van der Waals surface area contributed by atoms with Crippen LogP contribution in [0.25, 0.3) is 16.7 Å². The third-order valence-corrected chi connectivity index (χ3v) is 5.94. The first-order chi connectivity index (χ1) is 14.4. The van der Waals surface area contributed by atoms with E-state index in [-0.39, 0.29) is 10.5 Å². The number of carbonyl (C=O) groups is 1. The Morgan fingerprint density at radius 2 is 1.50 bits per heavy atom. The predicted octanol–water partition coefficient (Wildman–Crippen LogP) is 5.13. The van der Waals surface area contributed by atoms with Crippen molar-refractivity contribution in [2.24, 2.45) is 0 Å². The van der Waals surface area contributed by atoms with Crippen molar-refractivity contribution in [1.29, 1.82) is 0 Å². The Bertz CT molecular complexity index is 1160. The first-order valence-electron chi connectivity index (χ1n) is 9.51. The Labute approximate surface area is 177 Å². The highest BCUT2D eigenvalue weighted by Gasteiger charge is 2.21. The van der Waals surface area contributed by atoms with Gasteiger partial charge in [-0.2, -0.15) is 0 Å². The molecule has 30 heavy (non-hydrogen) atoms. The molecule has 0 fully saturated rings. The van der Waals surface area contributed by atoms with E-state index in [1.54, 1.807) is 24.3 Å². The lowest BCUT2D eigenvalue weighted by atomic mass is 9.99. The summed E-state index contributed by atoms with van der Waals surface area (Å²) in [4.78, 5) is 12.9. The van der Waals surface area contributed by atoms with Crippen LogP contribution in [0.2, 0.25) is 0 Å². The second-order valence-electron chi connectivity index (χ2n) is 6.83. The van der Waals surface area contributed by atoms with Crippen molar-refractivity contribution < 1.29 is 13.2 Å². The summed E-state index contributed by atoms with van der Waals surface area (Å²) in [6, 6.07) is 23.7. The van der Waals surface area contributed by atoms with Crippen molar-refractivity contribution in [3.05, 3.63) is 109 Å². The number of nitrogens with one attached hydrogen (secondary N) is 1. The molecule has 152 valence electrons. The summed E-state index contributed by atoms with van der Waals surface area (Å²) in [5.74, 6) is -0.676. The topological polar surface area (TPSA) is 63.2 Å². The lowest BCUT2D eigenvalue weighted by molar-refractivity contribution is -0.114. The van der Waals surface area contributed by atoms with Crippen molar-refractivity contribution >= 4 is 21.5 Å². The van der Waals surface area contributed by atoms with Gasteiger partial charge in [0.15, 0.2) is 0 Å². The van der Waals surface area contributed by atoms with Gasteiger partial charge in [-0.1, -0.05) is 84.4 Å².